The predicted molar refractivity (Wildman–Crippen MR) is 58.4 cm³/mol. The van der Waals surface area contributed by atoms with Crippen molar-refractivity contribution in [1.82, 2.24) is 0 Å². The molecule has 0 aliphatic carbocycles. The Kier molecular flexibility index (Phi) is 4.39. The molecule has 0 heterocycles. The maximum absolute atomic E-state index is 13.1. The van der Waals surface area contributed by atoms with Crippen molar-refractivity contribution in [2.45, 2.75) is 6.42 Å². The van der Waals surface area contributed by atoms with Crippen LogP contribution < -0.4 is 5.32 Å². The third-order valence-electron chi connectivity index (χ3n) is 1.58. The highest BCUT2D eigenvalue weighted by Gasteiger charge is 2.00. The fourth-order valence-electron chi connectivity index (χ4n) is 0.935. The Bertz CT molecular complexity index is 280. The number of hydrogen-bond acceptors (Lipinski definition) is 2. The molecule has 0 saturated heterocycles. The van der Waals surface area contributed by atoms with Gasteiger partial charge in [0.1, 0.15) is 5.82 Å². The lowest BCUT2D eigenvalue weighted by atomic mass is 10.3. The Morgan fingerprint density at radius 3 is 2.92 bits per heavy atom. The monoisotopic (exact) mass is 219 g/mol. The molecule has 0 spiro atoms. The van der Waals surface area contributed by atoms with E-state index in [1.165, 1.54) is 12.1 Å². The van der Waals surface area contributed by atoms with E-state index in [2.05, 4.69) is 17.9 Å². The Balaban J connectivity index is 2.59. The summed E-state index contributed by atoms with van der Waals surface area (Å²) < 4.78 is 13.1. The van der Waals surface area contributed by atoms with Gasteiger partial charge >= 0.3 is 0 Å². The smallest absolute Gasteiger partial charge is 0.146 e. The first-order valence-electron chi connectivity index (χ1n) is 4.04. The summed E-state index contributed by atoms with van der Waals surface area (Å²) in [4.78, 5) is 0. The second-order valence-corrected chi connectivity index (χ2v) is 3.51. The van der Waals surface area contributed by atoms with Crippen LogP contribution in [0.2, 0.25) is 5.02 Å². The first kappa shape index (κ1) is 10.7. The number of hydrogen-bond donors (Lipinski definition) is 2. The largest absolute Gasteiger partial charge is 0.383 e. The van der Waals surface area contributed by atoms with Crippen LogP contribution in [0.25, 0.3) is 0 Å². The summed E-state index contributed by atoms with van der Waals surface area (Å²) in [5, 5.41) is 3.48. The summed E-state index contributed by atoms with van der Waals surface area (Å²) in [5.74, 6) is 0.512. The van der Waals surface area contributed by atoms with Gasteiger partial charge in [-0.25, -0.2) is 4.39 Å². The van der Waals surface area contributed by atoms with E-state index in [0.29, 0.717) is 17.3 Å². The minimum Gasteiger partial charge on any atom is -0.383 e. The molecule has 72 valence electrons. The average Bonchev–Trinajstić information content (AvgIpc) is 2.11. The molecule has 0 aliphatic heterocycles. The fourth-order valence-corrected chi connectivity index (χ4v) is 1.27. The summed E-state index contributed by atoms with van der Waals surface area (Å²) in [6, 6.07) is 4.46. The SMILES string of the molecule is Fc1ccc(Cl)cc1NCCCS. The highest BCUT2D eigenvalue weighted by atomic mass is 35.5. The lowest BCUT2D eigenvalue weighted by Gasteiger charge is -2.06. The molecule has 0 unspecified atom stereocenters. The third kappa shape index (κ3) is 3.44. The second-order valence-electron chi connectivity index (χ2n) is 2.63. The zero-order valence-electron chi connectivity index (χ0n) is 7.06. The fraction of sp³-hybridized carbons (Fsp3) is 0.333. The lowest BCUT2D eigenvalue weighted by molar-refractivity contribution is 0.630. The van der Waals surface area contributed by atoms with E-state index in [1.54, 1.807) is 6.07 Å². The number of anilines is 1. The second kappa shape index (κ2) is 5.35. The minimum atomic E-state index is -0.274. The number of nitrogens with one attached hydrogen (secondary N) is 1. The number of rotatable bonds is 4. The van der Waals surface area contributed by atoms with Crippen molar-refractivity contribution >= 4 is 29.9 Å². The van der Waals surface area contributed by atoms with Crippen molar-refractivity contribution in [1.29, 1.82) is 0 Å². The van der Waals surface area contributed by atoms with Gasteiger partial charge in [0.2, 0.25) is 0 Å². The zero-order chi connectivity index (χ0) is 9.68. The first-order chi connectivity index (χ1) is 6.24. The highest BCUT2D eigenvalue weighted by Crippen LogP contribution is 2.19. The van der Waals surface area contributed by atoms with Gasteiger partial charge in [0.25, 0.3) is 0 Å². The normalized spacial score (nSPS) is 10.1. The molecule has 0 aliphatic rings. The van der Waals surface area contributed by atoms with Crippen LogP contribution in [0.3, 0.4) is 0 Å². The maximum atomic E-state index is 13.1. The van der Waals surface area contributed by atoms with E-state index in [0.717, 1.165) is 12.2 Å². The Labute approximate surface area is 87.7 Å². The molecule has 0 saturated carbocycles. The summed E-state index contributed by atoms with van der Waals surface area (Å²) in [6.45, 7) is 0.709. The van der Waals surface area contributed by atoms with Crippen LogP contribution in [0, 0.1) is 5.82 Å². The van der Waals surface area contributed by atoms with E-state index in [-0.39, 0.29) is 5.82 Å². The molecule has 4 heteroatoms. The van der Waals surface area contributed by atoms with E-state index in [1.807, 2.05) is 0 Å². The van der Waals surface area contributed by atoms with Gasteiger partial charge in [-0.3, -0.25) is 0 Å². The van der Waals surface area contributed by atoms with Crippen molar-refractivity contribution < 1.29 is 4.39 Å². The number of thiol groups is 1. The molecule has 13 heavy (non-hydrogen) atoms. The van der Waals surface area contributed by atoms with Crippen molar-refractivity contribution in [2.24, 2.45) is 0 Å². The van der Waals surface area contributed by atoms with Gasteiger partial charge in [-0.2, -0.15) is 12.6 Å². The molecule has 1 aromatic carbocycles. The molecule has 0 aromatic heterocycles. The Hall–Kier alpha value is -0.410. The van der Waals surface area contributed by atoms with Crippen LogP contribution in [-0.4, -0.2) is 12.3 Å². The highest BCUT2D eigenvalue weighted by molar-refractivity contribution is 7.80. The molecule has 0 amide bonds. The van der Waals surface area contributed by atoms with Crippen LogP contribution in [0.5, 0.6) is 0 Å². The molecule has 1 rings (SSSR count). The summed E-state index contributed by atoms with van der Waals surface area (Å²) in [6.07, 6.45) is 0.898. The van der Waals surface area contributed by atoms with E-state index in [4.69, 9.17) is 11.6 Å². The first-order valence-corrected chi connectivity index (χ1v) is 5.05. The Morgan fingerprint density at radius 1 is 1.46 bits per heavy atom. The summed E-state index contributed by atoms with van der Waals surface area (Å²) in [7, 11) is 0. The van der Waals surface area contributed by atoms with Gasteiger partial charge in [0.15, 0.2) is 0 Å². The topological polar surface area (TPSA) is 12.0 Å². The summed E-state index contributed by atoms with van der Waals surface area (Å²) in [5.41, 5.74) is 0.453. The van der Waals surface area contributed by atoms with Gasteiger partial charge in [-0.1, -0.05) is 11.6 Å². The quantitative estimate of drug-likeness (QED) is 0.586. The van der Waals surface area contributed by atoms with Crippen LogP contribution >= 0.6 is 24.2 Å². The van der Waals surface area contributed by atoms with Crippen molar-refractivity contribution in [3.05, 3.63) is 29.0 Å². The zero-order valence-corrected chi connectivity index (χ0v) is 8.71. The molecule has 1 aromatic rings. The van der Waals surface area contributed by atoms with Gasteiger partial charge in [0, 0.05) is 11.6 Å². The van der Waals surface area contributed by atoms with Gasteiger partial charge in [-0.15, -0.1) is 0 Å². The van der Waals surface area contributed by atoms with Crippen molar-refractivity contribution in [3.8, 4) is 0 Å². The third-order valence-corrected chi connectivity index (χ3v) is 2.13. The minimum absolute atomic E-state index is 0.274. The van der Waals surface area contributed by atoms with E-state index in [9.17, 15) is 4.39 Å². The predicted octanol–water partition coefficient (Wildman–Crippen LogP) is 3.21. The van der Waals surface area contributed by atoms with Crippen molar-refractivity contribution in [3.63, 3.8) is 0 Å². The van der Waals surface area contributed by atoms with Gasteiger partial charge < -0.3 is 5.32 Å². The van der Waals surface area contributed by atoms with Gasteiger partial charge in [-0.05, 0) is 30.4 Å². The lowest BCUT2D eigenvalue weighted by Crippen LogP contribution is -2.03. The van der Waals surface area contributed by atoms with Crippen molar-refractivity contribution in [2.75, 3.05) is 17.6 Å². The molecule has 1 N–H and O–H groups in total. The number of benzene rings is 1. The van der Waals surface area contributed by atoms with Crippen LogP contribution in [0.15, 0.2) is 18.2 Å². The molecule has 0 radical (unpaired) electrons. The summed E-state index contributed by atoms with van der Waals surface area (Å²) >= 11 is 9.76. The van der Waals surface area contributed by atoms with E-state index < -0.39 is 0 Å². The molecule has 0 fully saturated rings. The molecule has 1 nitrogen and oxygen atoms in total. The molecular formula is C9H11ClFNS. The van der Waals surface area contributed by atoms with Crippen LogP contribution in [0.4, 0.5) is 10.1 Å². The maximum Gasteiger partial charge on any atom is 0.146 e. The average molecular weight is 220 g/mol. The van der Waals surface area contributed by atoms with Crippen LogP contribution in [0.1, 0.15) is 6.42 Å². The Morgan fingerprint density at radius 2 is 2.23 bits per heavy atom. The van der Waals surface area contributed by atoms with Crippen LogP contribution in [-0.2, 0) is 0 Å². The molecular weight excluding hydrogens is 209 g/mol. The van der Waals surface area contributed by atoms with E-state index >= 15 is 0 Å². The molecule has 0 atom stereocenters. The van der Waals surface area contributed by atoms with Gasteiger partial charge in [0.05, 0.1) is 5.69 Å². The molecule has 0 bridgehead atoms. The standard InChI is InChI=1S/C9H11ClFNS/c10-7-2-3-8(11)9(6-7)12-4-1-5-13/h2-3,6,12-13H,1,4-5H2. The number of halogens is 2.